The van der Waals surface area contributed by atoms with Crippen LogP contribution >= 0.6 is 23.2 Å². The first-order valence-corrected chi connectivity index (χ1v) is 13.0. The van der Waals surface area contributed by atoms with Gasteiger partial charge in [-0.1, -0.05) is 23.2 Å². The van der Waals surface area contributed by atoms with Crippen LogP contribution in [0.4, 0.5) is 0 Å². The maximum Gasteiger partial charge on any atom is 0.267 e. The van der Waals surface area contributed by atoms with Crippen molar-refractivity contribution in [3.05, 3.63) is 81.7 Å². The van der Waals surface area contributed by atoms with Gasteiger partial charge in [-0.05, 0) is 67.6 Å². The van der Waals surface area contributed by atoms with E-state index in [1.807, 2.05) is 0 Å². The molecule has 0 radical (unpaired) electrons. The van der Waals surface area contributed by atoms with Gasteiger partial charge in [-0.15, -0.1) is 0 Å². The summed E-state index contributed by atoms with van der Waals surface area (Å²) in [5.74, 6) is 0.710. The van der Waals surface area contributed by atoms with Crippen LogP contribution in [0.15, 0.2) is 64.7 Å². The number of nitrogens with one attached hydrogen (secondary N) is 2. The number of morpholine rings is 1. The van der Waals surface area contributed by atoms with Crippen LogP contribution in [0, 0.1) is 0 Å². The van der Waals surface area contributed by atoms with Crippen LogP contribution in [-0.4, -0.2) is 63.2 Å². The number of carbonyl (C=O) groups excluding carboxylic acids is 2. The van der Waals surface area contributed by atoms with E-state index in [4.69, 9.17) is 37.1 Å². The normalized spacial score (nSPS) is 14.2. The lowest BCUT2D eigenvalue weighted by Gasteiger charge is -2.26. The number of amides is 2. The molecule has 1 saturated heterocycles. The molecule has 4 rings (SSSR count). The minimum Gasteiger partial charge on any atom is -0.497 e. The molecule has 10 heteroatoms. The van der Waals surface area contributed by atoms with E-state index in [9.17, 15) is 9.59 Å². The number of hydrogen-bond donors (Lipinski definition) is 2. The average molecular weight is 558 g/mol. The van der Waals surface area contributed by atoms with Gasteiger partial charge >= 0.3 is 0 Å². The molecule has 0 aliphatic carbocycles. The Bertz CT molecular complexity index is 1280. The Balaban J connectivity index is 1.48. The van der Waals surface area contributed by atoms with Crippen molar-refractivity contribution in [3.63, 3.8) is 0 Å². The van der Waals surface area contributed by atoms with Crippen LogP contribution in [0.5, 0.6) is 5.75 Å². The quantitative estimate of drug-likeness (QED) is 0.273. The molecule has 0 saturated carbocycles. The van der Waals surface area contributed by atoms with E-state index in [1.54, 1.807) is 61.7 Å². The van der Waals surface area contributed by atoms with Crippen molar-refractivity contribution >= 4 is 41.1 Å². The van der Waals surface area contributed by atoms with Crippen LogP contribution in [-0.2, 0) is 9.53 Å². The Labute approximate surface area is 231 Å². The highest BCUT2D eigenvalue weighted by molar-refractivity contribution is 6.42. The summed E-state index contributed by atoms with van der Waals surface area (Å²) < 4.78 is 16.4. The first-order valence-electron chi connectivity index (χ1n) is 12.2. The molecule has 2 amide bonds. The van der Waals surface area contributed by atoms with Crippen LogP contribution in [0.25, 0.3) is 17.4 Å². The third kappa shape index (κ3) is 7.61. The zero-order valence-corrected chi connectivity index (χ0v) is 22.5. The molecule has 38 heavy (non-hydrogen) atoms. The standard InChI is InChI=1S/C28H29Cl2N3O5/c1-36-21-6-3-19(4-7-21)27(34)32-25(28(35)31-11-2-12-33-13-15-37-16-14-33)18-22-8-10-26(38-22)20-5-9-23(29)24(30)17-20/h3-10,17-18H,2,11-16H2,1H3,(H,31,35)(H,32,34)/b25-18+. The van der Waals surface area contributed by atoms with Crippen molar-refractivity contribution in [2.24, 2.45) is 0 Å². The topological polar surface area (TPSA) is 93.0 Å². The summed E-state index contributed by atoms with van der Waals surface area (Å²) in [6, 6.07) is 15.3. The Kier molecular flexibility index (Phi) is 9.84. The molecule has 3 aromatic rings. The summed E-state index contributed by atoms with van der Waals surface area (Å²) in [6.45, 7) is 4.53. The summed E-state index contributed by atoms with van der Waals surface area (Å²) in [7, 11) is 1.55. The fraction of sp³-hybridized carbons (Fsp3) is 0.286. The Morgan fingerprint density at radius 1 is 1.03 bits per heavy atom. The summed E-state index contributed by atoms with van der Waals surface area (Å²) in [5.41, 5.74) is 1.18. The number of methoxy groups -OCH3 is 1. The molecule has 2 aromatic carbocycles. The van der Waals surface area contributed by atoms with Gasteiger partial charge in [0.15, 0.2) is 0 Å². The number of carbonyl (C=O) groups is 2. The maximum atomic E-state index is 13.1. The van der Waals surface area contributed by atoms with Crippen molar-refractivity contribution in [2.75, 3.05) is 46.5 Å². The Morgan fingerprint density at radius 3 is 2.50 bits per heavy atom. The molecule has 0 bridgehead atoms. The van der Waals surface area contributed by atoms with Crippen LogP contribution in [0.1, 0.15) is 22.5 Å². The minimum atomic E-state index is -0.432. The molecule has 0 unspecified atom stereocenters. The summed E-state index contributed by atoms with van der Waals surface area (Å²) in [4.78, 5) is 28.3. The molecule has 1 fully saturated rings. The van der Waals surface area contributed by atoms with Gasteiger partial charge in [0.25, 0.3) is 11.8 Å². The van der Waals surface area contributed by atoms with Gasteiger partial charge in [0.2, 0.25) is 0 Å². The molecule has 1 aliphatic heterocycles. The first-order chi connectivity index (χ1) is 18.4. The van der Waals surface area contributed by atoms with E-state index in [2.05, 4.69) is 15.5 Å². The molecular weight excluding hydrogens is 529 g/mol. The molecule has 1 aliphatic rings. The van der Waals surface area contributed by atoms with E-state index in [0.29, 0.717) is 39.4 Å². The number of rotatable bonds is 10. The highest BCUT2D eigenvalue weighted by atomic mass is 35.5. The molecule has 2 N–H and O–H groups in total. The summed E-state index contributed by atoms with van der Waals surface area (Å²) in [5, 5.41) is 6.46. The highest BCUT2D eigenvalue weighted by Gasteiger charge is 2.17. The van der Waals surface area contributed by atoms with Crippen LogP contribution in [0.2, 0.25) is 10.0 Å². The highest BCUT2D eigenvalue weighted by Crippen LogP contribution is 2.30. The molecule has 0 atom stereocenters. The van der Waals surface area contributed by atoms with Crippen LogP contribution < -0.4 is 15.4 Å². The third-order valence-corrected chi connectivity index (χ3v) is 6.74. The largest absolute Gasteiger partial charge is 0.497 e. The van der Waals surface area contributed by atoms with Crippen LogP contribution in [0.3, 0.4) is 0 Å². The van der Waals surface area contributed by atoms with Gasteiger partial charge in [-0.3, -0.25) is 14.5 Å². The van der Waals surface area contributed by atoms with E-state index >= 15 is 0 Å². The molecule has 8 nitrogen and oxygen atoms in total. The van der Waals surface area contributed by atoms with Gasteiger partial charge in [0.1, 0.15) is 23.0 Å². The minimum absolute atomic E-state index is 0.0622. The predicted octanol–water partition coefficient (Wildman–Crippen LogP) is 4.87. The van der Waals surface area contributed by atoms with Gasteiger partial charge in [0.05, 0.1) is 30.4 Å². The van der Waals surface area contributed by atoms with Crippen molar-refractivity contribution in [1.82, 2.24) is 15.5 Å². The average Bonchev–Trinajstić information content (AvgIpc) is 3.41. The lowest BCUT2D eigenvalue weighted by atomic mass is 10.2. The van der Waals surface area contributed by atoms with E-state index in [1.165, 1.54) is 6.08 Å². The second-order valence-electron chi connectivity index (χ2n) is 8.64. The third-order valence-electron chi connectivity index (χ3n) is 6.00. The second kappa shape index (κ2) is 13.5. The van der Waals surface area contributed by atoms with Gasteiger partial charge in [0, 0.05) is 36.8 Å². The second-order valence-corrected chi connectivity index (χ2v) is 9.45. The smallest absolute Gasteiger partial charge is 0.267 e. The van der Waals surface area contributed by atoms with Crippen molar-refractivity contribution in [3.8, 4) is 17.1 Å². The zero-order valence-electron chi connectivity index (χ0n) is 21.0. The number of halogens is 2. The zero-order chi connectivity index (χ0) is 26.9. The van der Waals surface area contributed by atoms with E-state index in [-0.39, 0.29) is 5.70 Å². The number of hydrogen-bond acceptors (Lipinski definition) is 6. The fourth-order valence-electron chi connectivity index (χ4n) is 3.90. The van der Waals surface area contributed by atoms with Gasteiger partial charge < -0.3 is 24.5 Å². The molecular formula is C28H29Cl2N3O5. The van der Waals surface area contributed by atoms with Gasteiger partial charge in [-0.25, -0.2) is 0 Å². The number of benzene rings is 2. The monoisotopic (exact) mass is 557 g/mol. The number of ether oxygens (including phenoxy) is 2. The maximum absolute atomic E-state index is 13.1. The lowest BCUT2D eigenvalue weighted by Crippen LogP contribution is -2.39. The lowest BCUT2D eigenvalue weighted by molar-refractivity contribution is -0.117. The molecule has 2 heterocycles. The van der Waals surface area contributed by atoms with E-state index < -0.39 is 11.8 Å². The molecule has 0 spiro atoms. The Morgan fingerprint density at radius 2 is 1.79 bits per heavy atom. The van der Waals surface area contributed by atoms with E-state index in [0.717, 1.165) is 44.8 Å². The first kappa shape index (κ1) is 27.7. The van der Waals surface area contributed by atoms with Gasteiger partial charge in [-0.2, -0.15) is 0 Å². The molecule has 1 aromatic heterocycles. The summed E-state index contributed by atoms with van der Waals surface area (Å²) >= 11 is 12.2. The number of furan rings is 1. The fourth-order valence-corrected chi connectivity index (χ4v) is 4.20. The molecule has 200 valence electrons. The van der Waals surface area contributed by atoms with Crippen molar-refractivity contribution < 1.29 is 23.5 Å². The van der Waals surface area contributed by atoms with Crippen molar-refractivity contribution in [1.29, 1.82) is 0 Å². The predicted molar refractivity (Wildman–Crippen MR) is 147 cm³/mol. The summed E-state index contributed by atoms with van der Waals surface area (Å²) in [6.07, 6.45) is 2.27. The SMILES string of the molecule is COc1ccc(C(=O)N/C(=C/c2ccc(-c3ccc(Cl)c(Cl)c3)o2)C(=O)NCCCN2CCOCC2)cc1. The van der Waals surface area contributed by atoms with Crippen molar-refractivity contribution in [2.45, 2.75) is 6.42 Å². The number of nitrogens with zero attached hydrogens (tertiary/aromatic N) is 1. The Hall–Kier alpha value is -3.30.